The molecule has 1 aromatic rings. The van der Waals surface area contributed by atoms with Gasteiger partial charge in [-0.3, -0.25) is 4.79 Å². The van der Waals surface area contributed by atoms with Crippen molar-refractivity contribution < 1.29 is 0 Å². The highest BCUT2D eigenvalue weighted by Crippen LogP contribution is 2.27. The van der Waals surface area contributed by atoms with Crippen molar-refractivity contribution >= 4 is 21.6 Å². The lowest BCUT2D eigenvalue weighted by molar-refractivity contribution is 0.276. The Labute approximate surface area is 91.0 Å². The van der Waals surface area contributed by atoms with Gasteiger partial charge in [0.2, 0.25) is 5.43 Å². The monoisotopic (exact) mass is 256 g/mol. The zero-order valence-corrected chi connectivity index (χ0v) is 9.46. The Hall–Kier alpha value is -0.770. The molecule has 14 heavy (non-hydrogen) atoms. The van der Waals surface area contributed by atoms with Crippen molar-refractivity contribution in [2.24, 2.45) is 5.92 Å². The molecular formula is C10H13BrN2O. The van der Waals surface area contributed by atoms with Gasteiger partial charge in [-0.1, -0.05) is 6.42 Å². The Balaban J connectivity index is 2.21. The largest absolute Gasteiger partial charge is 0.394 e. The van der Waals surface area contributed by atoms with E-state index in [0.29, 0.717) is 10.2 Å². The Bertz CT molecular complexity index is 369. The van der Waals surface area contributed by atoms with E-state index in [1.807, 2.05) is 10.8 Å². The highest BCUT2D eigenvalue weighted by molar-refractivity contribution is 9.10. The second-order valence-electron chi connectivity index (χ2n) is 3.88. The molecular weight excluding hydrogens is 244 g/mol. The van der Waals surface area contributed by atoms with Crippen molar-refractivity contribution in [3.63, 3.8) is 0 Å². The maximum absolute atomic E-state index is 11.3. The molecule has 1 heterocycles. The predicted octanol–water partition coefficient (Wildman–Crippen LogP) is 1.99. The van der Waals surface area contributed by atoms with E-state index in [9.17, 15) is 4.79 Å². The molecule has 0 amide bonds. The number of aromatic nitrogens is 1. The van der Waals surface area contributed by atoms with E-state index < -0.39 is 0 Å². The second-order valence-corrected chi connectivity index (χ2v) is 4.74. The molecule has 1 saturated carbocycles. The quantitative estimate of drug-likeness (QED) is 0.880. The van der Waals surface area contributed by atoms with Gasteiger partial charge in [0.05, 0.1) is 10.2 Å². The fraction of sp³-hybridized carbons (Fsp3) is 0.500. The first kappa shape index (κ1) is 9.77. The molecule has 0 bridgehead atoms. The van der Waals surface area contributed by atoms with Crippen molar-refractivity contribution in [1.29, 1.82) is 0 Å². The van der Waals surface area contributed by atoms with E-state index in [0.717, 1.165) is 12.5 Å². The molecule has 0 spiro atoms. The maximum atomic E-state index is 11.3. The van der Waals surface area contributed by atoms with Crippen LogP contribution in [-0.4, -0.2) is 4.57 Å². The van der Waals surface area contributed by atoms with Crippen LogP contribution in [0.4, 0.5) is 5.69 Å². The zero-order valence-electron chi connectivity index (χ0n) is 7.87. The normalized spacial score (nSPS) is 16.6. The smallest absolute Gasteiger partial charge is 0.218 e. The number of nitrogen functional groups attached to an aromatic ring is 1. The summed E-state index contributed by atoms with van der Waals surface area (Å²) in [5.74, 6) is 0.767. The number of halogens is 1. The summed E-state index contributed by atoms with van der Waals surface area (Å²) in [7, 11) is 0. The predicted molar refractivity (Wildman–Crippen MR) is 60.2 cm³/mol. The summed E-state index contributed by atoms with van der Waals surface area (Å²) < 4.78 is 2.56. The average Bonchev–Trinajstić information content (AvgIpc) is 2.07. The van der Waals surface area contributed by atoms with Crippen LogP contribution in [0.2, 0.25) is 0 Å². The summed E-state index contributed by atoms with van der Waals surface area (Å²) in [4.78, 5) is 11.3. The first-order chi connectivity index (χ1) is 6.66. The van der Waals surface area contributed by atoms with Crippen LogP contribution in [0.3, 0.4) is 0 Å². The highest BCUT2D eigenvalue weighted by atomic mass is 79.9. The molecule has 0 radical (unpaired) electrons. The van der Waals surface area contributed by atoms with Crippen molar-refractivity contribution in [1.82, 2.24) is 4.57 Å². The molecule has 1 aliphatic rings. The molecule has 4 heteroatoms. The second kappa shape index (κ2) is 3.77. The Morgan fingerprint density at radius 2 is 2.21 bits per heavy atom. The fourth-order valence-corrected chi connectivity index (χ4v) is 2.19. The first-order valence-corrected chi connectivity index (χ1v) is 5.61. The molecule has 0 aliphatic heterocycles. The SMILES string of the molecule is Nc1cn(CC2CCC2)cc(Br)c1=O. The van der Waals surface area contributed by atoms with Gasteiger partial charge in [-0.2, -0.15) is 0 Å². The molecule has 2 N–H and O–H groups in total. The van der Waals surface area contributed by atoms with E-state index in [2.05, 4.69) is 15.9 Å². The van der Waals surface area contributed by atoms with E-state index >= 15 is 0 Å². The zero-order chi connectivity index (χ0) is 10.1. The minimum atomic E-state index is -0.116. The van der Waals surface area contributed by atoms with Crippen LogP contribution in [-0.2, 0) is 6.54 Å². The molecule has 0 atom stereocenters. The van der Waals surface area contributed by atoms with E-state index in [1.54, 1.807) is 6.20 Å². The van der Waals surface area contributed by atoms with Crippen molar-refractivity contribution in [2.75, 3.05) is 5.73 Å². The van der Waals surface area contributed by atoms with Gasteiger partial charge in [-0.15, -0.1) is 0 Å². The molecule has 3 nitrogen and oxygen atoms in total. The average molecular weight is 257 g/mol. The summed E-state index contributed by atoms with van der Waals surface area (Å²) >= 11 is 3.21. The third-order valence-corrected chi connectivity index (χ3v) is 3.32. The van der Waals surface area contributed by atoms with Gasteiger partial charge in [0.15, 0.2) is 0 Å². The van der Waals surface area contributed by atoms with Gasteiger partial charge >= 0.3 is 0 Å². The lowest BCUT2D eigenvalue weighted by atomic mass is 9.85. The van der Waals surface area contributed by atoms with E-state index in [1.165, 1.54) is 19.3 Å². The molecule has 0 saturated heterocycles. The molecule has 2 rings (SSSR count). The number of anilines is 1. The van der Waals surface area contributed by atoms with Gasteiger partial charge in [-0.05, 0) is 34.7 Å². The summed E-state index contributed by atoms with van der Waals surface area (Å²) in [6, 6.07) is 0. The number of pyridine rings is 1. The molecule has 1 aromatic heterocycles. The summed E-state index contributed by atoms with van der Waals surface area (Å²) in [5.41, 5.74) is 5.80. The lowest BCUT2D eigenvalue weighted by Gasteiger charge is -2.26. The van der Waals surface area contributed by atoms with Gasteiger partial charge < -0.3 is 10.3 Å². The Morgan fingerprint density at radius 1 is 1.50 bits per heavy atom. The van der Waals surface area contributed by atoms with Crippen LogP contribution in [0, 0.1) is 5.92 Å². The summed E-state index contributed by atoms with van der Waals surface area (Å²) in [6.07, 6.45) is 7.47. The maximum Gasteiger partial charge on any atom is 0.218 e. The van der Waals surface area contributed by atoms with Gasteiger partial charge in [0, 0.05) is 18.9 Å². The Kier molecular flexibility index (Phi) is 2.63. The lowest BCUT2D eigenvalue weighted by Crippen LogP contribution is -2.20. The van der Waals surface area contributed by atoms with Gasteiger partial charge in [0.25, 0.3) is 0 Å². The number of hydrogen-bond acceptors (Lipinski definition) is 2. The van der Waals surface area contributed by atoms with Crippen molar-refractivity contribution in [3.05, 3.63) is 27.1 Å². The summed E-state index contributed by atoms with van der Waals surface area (Å²) in [5, 5.41) is 0. The van der Waals surface area contributed by atoms with E-state index in [4.69, 9.17) is 5.73 Å². The molecule has 76 valence electrons. The first-order valence-electron chi connectivity index (χ1n) is 4.82. The standard InChI is InChI=1S/C10H13BrN2O/c11-8-5-13(4-7-2-1-3-7)6-9(12)10(8)14/h5-7H,1-4,12H2. The minimum Gasteiger partial charge on any atom is -0.394 e. The minimum absolute atomic E-state index is 0.116. The fourth-order valence-electron chi connectivity index (χ4n) is 1.70. The number of hydrogen-bond donors (Lipinski definition) is 1. The topological polar surface area (TPSA) is 48.0 Å². The van der Waals surface area contributed by atoms with Gasteiger partial charge in [0.1, 0.15) is 0 Å². The molecule has 1 fully saturated rings. The van der Waals surface area contributed by atoms with Crippen LogP contribution in [0.5, 0.6) is 0 Å². The van der Waals surface area contributed by atoms with Crippen LogP contribution in [0.25, 0.3) is 0 Å². The highest BCUT2D eigenvalue weighted by Gasteiger charge is 2.17. The molecule has 0 aromatic carbocycles. The Morgan fingerprint density at radius 3 is 2.71 bits per heavy atom. The molecule has 0 unspecified atom stereocenters. The van der Waals surface area contributed by atoms with Crippen LogP contribution in [0.15, 0.2) is 21.7 Å². The third-order valence-electron chi connectivity index (χ3n) is 2.76. The number of nitrogens with zero attached hydrogens (tertiary/aromatic N) is 1. The third kappa shape index (κ3) is 1.85. The van der Waals surface area contributed by atoms with Gasteiger partial charge in [-0.25, -0.2) is 0 Å². The van der Waals surface area contributed by atoms with Crippen LogP contribution >= 0.6 is 15.9 Å². The number of nitrogens with two attached hydrogens (primary N) is 1. The van der Waals surface area contributed by atoms with E-state index in [-0.39, 0.29) is 5.43 Å². The van der Waals surface area contributed by atoms with Crippen molar-refractivity contribution in [2.45, 2.75) is 25.8 Å². The van der Waals surface area contributed by atoms with Crippen molar-refractivity contribution in [3.8, 4) is 0 Å². The molecule has 1 aliphatic carbocycles. The number of rotatable bonds is 2. The summed E-state index contributed by atoms with van der Waals surface area (Å²) in [6.45, 7) is 0.975. The van der Waals surface area contributed by atoms with Crippen LogP contribution < -0.4 is 11.2 Å². The van der Waals surface area contributed by atoms with Crippen LogP contribution in [0.1, 0.15) is 19.3 Å².